The van der Waals surface area contributed by atoms with Gasteiger partial charge in [-0.2, -0.15) is 5.10 Å². The predicted octanol–water partition coefficient (Wildman–Crippen LogP) is 4.32. The molecule has 2 atom stereocenters. The van der Waals surface area contributed by atoms with Crippen molar-refractivity contribution in [1.82, 2.24) is 19.7 Å². The van der Waals surface area contributed by atoms with Crippen LogP contribution < -0.4 is 9.80 Å². The minimum atomic E-state index is -0.157. The van der Waals surface area contributed by atoms with Gasteiger partial charge < -0.3 is 9.88 Å². The molecule has 32 heavy (non-hydrogen) atoms. The second-order valence-electron chi connectivity index (χ2n) is 9.26. The third kappa shape index (κ3) is 2.08. The first-order valence-electron chi connectivity index (χ1n) is 11.3. The normalized spacial score (nSPS) is 21.2. The number of H-pyrrole nitrogens is 1. The Labute approximate surface area is 185 Å². The number of nitrogens with zero attached hydrogens (tertiary/aromatic N) is 5. The highest BCUT2D eigenvalue weighted by atomic mass is 16.2. The fraction of sp³-hybridized carbons (Fsp3) is 0.320. The number of fused-ring (bicyclic) bond motifs is 10. The van der Waals surface area contributed by atoms with Gasteiger partial charge in [0.25, 0.3) is 5.91 Å². The van der Waals surface area contributed by atoms with E-state index in [4.69, 9.17) is 0 Å². The summed E-state index contributed by atoms with van der Waals surface area (Å²) in [6.45, 7) is 5.43. The molecule has 7 heteroatoms. The van der Waals surface area contributed by atoms with Crippen molar-refractivity contribution >= 4 is 28.3 Å². The Kier molecular flexibility index (Phi) is 3.38. The lowest BCUT2D eigenvalue weighted by Gasteiger charge is -2.35. The molecule has 3 aliphatic rings. The van der Waals surface area contributed by atoms with Crippen LogP contribution in [0, 0.1) is 6.92 Å². The Morgan fingerprint density at radius 1 is 1.19 bits per heavy atom. The van der Waals surface area contributed by atoms with Gasteiger partial charge in [-0.1, -0.05) is 6.07 Å². The average molecular weight is 425 g/mol. The van der Waals surface area contributed by atoms with Crippen LogP contribution in [-0.2, 0) is 7.05 Å². The number of amides is 1. The maximum atomic E-state index is 13.6. The molecule has 160 valence electrons. The molecule has 1 saturated heterocycles. The van der Waals surface area contributed by atoms with E-state index in [1.54, 1.807) is 6.33 Å². The zero-order valence-electron chi connectivity index (χ0n) is 18.4. The Hall–Kier alpha value is -3.61. The van der Waals surface area contributed by atoms with E-state index in [0.717, 1.165) is 45.6 Å². The maximum Gasteiger partial charge on any atom is 0.280 e. The lowest BCUT2D eigenvalue weighted by molar-refractivity contribution is 0.0987. The van der Waals surface area contributed by atoms with Crippen molar-refractivity contribution < 1.29 is 4.79 Å². The fourth-order valence-electron chi connectivity index (χ4n) is 5.97. The largest absolute Gasteiger partial charge is 0.369 e. The molecule has 1 N–H and O–H groups in total. The molecule has 1 amide bonds. The Balaban J connectivity index is 1.54. The van der Waals surface area contributed by atoms with E-state index in [2.05, 4.69) is 58.1 Å². The number of nitrogens with one attached hydrogen (secondary N) is 1. The molecule has 2 aromatic heterocycles. The van der Waals surface area contributed by atoms with Gasteiger partial charge in [-0.25, -0.2) is 4.98 Å². The van der Waals surface area contributed by atoms with Crippen LogP contribution in [0.25, 0.3) is 22.2 Å². The number of hydrogen-bond donors (Lipinski definition) is 1. The average Bonchev–Trinajstić information content (AvgIpc) is 3.55. The van der Waals surface area contributed by atoms with Gasteiger partial charge in [-0.3, -0.25) is 14.4 Å². The third-order valence-corrected chi connectivity index (χ3v) is 7.65. The Morgan fingerprint density at radius 2 is 2.06 bits per heavy atom. The number of carbonyl (C=O) groups excluding carboxylic acids is 1. The Morgan fingerprint density at radius 3 is 2.88 bits per heavy atom. The van der Waals surface area contributed by atoms with Crippen molar-refractivity contribution in [1.29, 1.82) is 0 Å². The van der Waals surface area contributed by atoms with Crippen LogP contribution >= 0.6 is 0 Å². The lowest BCUT2D eigenvalue weighted by atomic mass is 9.85. The van der Waals surface area contributed by atoms with E-state index in [1.807, 2.05) is 22.7 Å². The predicted molar refractivity (Wildman–Crippen MR) is 124 cm³/mol. The van der Waals surface area contributed by atoms with E-state index in [1.165, 1.54) is 24.1 Å². The van der Waals surface area contributed by atoms with E-state index in [9.17, 15) is 4.79 Å². The zero-order valence-corrected chi connectivity index (χ0v) is 18.4. The van der Waals surface area contributed by atoms with Crippen molar-refractivity contribution in [3.8, 4) is 11.1 Å². The summed E-state index contributed by atoms with van der Waals surface area (Å²) in [5.74, 6) is -0.0345. The number of imidazole rings is 1. The number of aryl methyl sites for hydroxylation is 1. The molecule has 0 aliphatic carbocycles. The van der Waals surface area contributed by atoms with Crippen molar-refractivity contribution in [3.63, 3.8) is 0 Å². The van der Waals surface area contributed by atoms with Crippen LogP contribution in [0.2, 0.25) is 0 Å². The van der Waals surface area contributed by atoms with Crippen molar-refractivity contribution in [2.45, 2.75) is 38.8 Å². The molecule has 0 saturated carbocycles. The third-order valence-electron chi connectivity index (χ3n) is 7.65. The van der Waals surface area contributed by atoms with Gasteiger partial charge in [0.1, 0.15) is 0 Å². The molecule has 1 fully saturated rings. The first-order chi connectivity index (χ1) is 15.5. The van der Waals surface area contributed by atoms with Gasteiger partial charge in [0.15, 0.2) is 5.69 Å². The quantitative estimate of drug-likeness (QED) is 0.494. The van der Waals surface area contributed by atoms with Gasteiger partial charge >= 0.3 is 0 Å². The minimum Gasteiger partial charge on any atom is -0.369 e. The highest BCUT2D eigenvalue weighted by Gasteiger charge is 2.47. The summed E-state index contributed by atoms with van der Waals surface area (Å²) in [6.07, 6.45) is 4.18. The van der Waals surface area contributed by atoms with Crippen LogP contribution in [0.15, 0.2) is 36.7 Å². The van der Waals surface area contributed by atoms with Crippen molar-refractivity contribution in [3.05, 3.63) is 59.2 Å². The van der Waals surface area contributed by atoms with Gasteiger partial charge in [0.2, 0.25) is 0 Å². The summed E-state index contributed by atoms with van der Waals surface area (Å²) in [4.78, 5) is 25.9. The highest BCUT2D eigenvalue weighted by molar-refractivity contribution is 6.17. The minimum absolute atomic E-state index is 0.0345. The number of hydrogen-bond acceptors (Lipinski definition) is 4. The standard InChI is InChI=1S/C25H24N6O/c1-13-5-4-10-30(13)15-6-7-16-17(11-15)21-19(9-8-18-22(21)27-12-26-18)31-24(16)20-14(2)29(3)28-23(20)25(31)32/h6-9,11-13,24H,4-5,10H2,1-3H3,(H,26,27)/t13-,24?/m1/s1. The molecule has 2 aromatic carbocycles. The van der Waals surface area contributed by atoms with Gasteiger partial charge in [0.05, 0.1) is 29.1 Å². The van der Waals surface area contributed by atoms with Crippen LogP contribution in [0.5, 0.6) is 0 Å². The molecule has 4 aromatic rings. The molecule has 0 spiro atoms. The van der Waals surface area contributed by atoms with Crippen molar-refractivity contribution in [2.75, 3.05) is 16.3 Å². The van der Waals surface area contributed by atoms with E-state index in [-0.39, 0.29) is 11.9 Å². The number of aromatic nitrogens is 4. The van der Waals surface area contributed by atoms with Crippen molar-refractivity contribution in [2.24, 2.45) is 7.05 Å². The summed E-state index contributed by atoms with van der Waals surface area (Å²) < 4.78 is 1.83. The van der Waals surface area contributed by atoms with Gasteiger partial charge in [-0.15, -0.1) is 0 Å². The summed E-state index contributed by atoms with van der Waals surface area (Å²) in [6, 6.07) is 11.2. The SMILES string of the molecule is Cc1c2c(nn1C)C(=O)N1c3ccc4[nH]cnc4c3-c3cc(N4CCC[C@H]4C)ccc3C21. The van der Waals surface area contributed by atoms with Gasteiger partial charge in [0, 0.05) is 42.1 Å². The number of benzene rings is 2. The van der Waals surface area contributed by atoms with Crippen LogP contribution in [0.3, 0.4) is 0 Å². The second-order valence-corrected chi connectivity index (χ2v) is 9.26. The summed E-state index contributed by atoms with van der Waals surface area (Å²) in [5, 5.41) is 4.58. The number of aromatic amines is 1. The smallest absolute Gasteiger partial charge is 0.280 e. The van der Waals surface area contributed by atoms with Crippen LogP contribution in [-0.4, -0.2) is 38.2 Å². The van der Waals surface area contributed by atoms with Crippen LogP contribution in [0.1, 0.15) is 53.1 Å². The molecular weight excluding hydrogens is 400 g/mol. The molecule has 3 aliphatic heterocycles. The lowest BCUT2D eigenvalue weighted by Crippen LogP contribution is -2.33. The molecule has 5 heterocycles. The summed E-state index contributed by atoms with van der Waals surface area (Å²) in [7, 11) is 1.91. The van der Waals surface area contributed by atoms with E-state index >= 15 is 0 Å². The number of carbonyl (C=O) groups is 1. The molecule has 0 bridgehead atoms. The summed E-state index contributed by atoms with van der Waals surface area (Å²) >= 11 is 0. The topological polar surface area (TPSA) is 70.0 Å². The van der Waals surface area contributed by atoms with Crippen LogP contribution in [0.4, 0.5) is 11.4 Å². The first-order valence-corrected chi connectivity index (χ1v) is 11.3. The molecule has 7 nitrogen and oxygen atoms in total. The zero-order chi connectivity index (χ0) is 21.7. The summed E-state index contributed by atoms with van der Waals surface area (Å²) in [5.41, 5.74) is 10.0. The fourth-order valence-corrected chi connectivity index (χ4v) is 5.97. The molecule has 0 radical (unpaired) electrons. The Bertz CT molecular complexity index is 1450. The van der Waals surface area contributed by atoms with Gasteiger partial charge in [-0.05, 0) is 62.1 Å². The molecule has 1 unspecified atom stereocenters. The second kappa shape index (κ2) is 6.00. The van der Waals surface area contributed by atoms with E-state index < -0.39 is 0 Å². The van der Waals surface area contributed by atoms with E-state index in [0.29, 0.717) is 11.7 Å². The highest BCUT2D eigenvalue weighted by Crippen LogP contribution is 2.54. The number of rotatable bonds is 1. The maximum absolute atomic E-state index is 13.6. The number of anilines is 2. The monoisotopic (exact) mass is 424 g/mol. The molecule has 7 rings (SSSR count). The first kappa shape index (κ1) is 18.0. The molecular formula is C25H24N6O.